The third-order valence-electron chi connectivity index (χ3n) is 2.22. The molecule has 0 amide bonds. The molecule has 1 aliphatic rings. The Morgan fingerprint density at radius 3 is 2.75 bits per heavy atom. The maximum Gasteiger partial charge on any atom is 0.188 e. The molecule has 1 aromatic rings. The highest BCUT2D eigenvalue weighted by atomic mass is 19.1. The van der Waals surface area contributed by atoms with Gasteiger partial charge in [-0.2, -0.15) is 5.10 Å². The van der Waals surface area contributed by atoms with Gasteiger partial charge in [-0.05, 0) is 19.8 Å². The van der Waals surface area contributed by atoms with Crippen LogP contribution < -0.4 is 5.73 Å². The van der Waals surface area contributed by atoms with Crippen LogP contribution in [0.4, 0.5) is 10.2 Å². The Hall–Kier alpha value is -1.06. The Bertz CT molecular complexity index is 301. The molecule has 0 spiro atoms. The molecular weight excluding hydrogens is 157 g/mol. The standard InChI is InChI=1S/C8H12FN3/c1-2-12-8(10)6(9)7(11-12)5-3-4-5/h5H,2-4,10H2,1H3. The van der Waals surface area contributed by atoms with Gasteiger partial charge >= 0.3 is 0 Å². The maximum absolute atomic E-state index is 13.3. The second kappa shape index (κ2) is 2.47. The first kappa shape index (κ1) is 7.58. The van der Waals surface area contributed by atoms with Gasteiger partial charge in [0.1, 0.15) is 5.69 Å². The first-order chi connectivity index (χ1) is 5.74. The van der Waals surface area contributed by atoms with Crippen LogP contribution in [0.1, 0.15) is 31.4 Å². The number of aryl methyl sites for hydroxylation is 1. The molecule has 1 aliphatic carbocycles. The van der Waals surface area contributed by atoms with Crippen molar-refractivity contribution in [3.63, 3.8) is 0 Å². The van der Waals surface area contributed by atoms with Crippen molar-refractivity contribution in [2.75, 3.05) is 5.73 Å². The lowest BCUT2D eigenvalue weighted by molar-refractivity contribution is 0.614. The highest BCUT2D eigenvalue weighted by Gasteiger charge is 2.31. The Morgan fingerprint density at radius 2 is 2.33 bits per heavy atom. The van der Waals surface area contributed by atoms with Crippen LogP contribution in [-0.2, 0) is 6.54 Å². The summed E-state index contributed by atoms with van der Waals surface area (Å²) in [6.07, 6.45) is 2.11. The van der Waals surface area contributed by atoms with E-state index in [1.807, 2.05) is 6.92 Å². The predicted octanol–water partition coefficient (Wildman–Crippen LogP) is 1.50. The zero-order chi connectivity index (χ0) is 8.72. The van der Waals surface area contributed by atoms with Crippen LogP contribution in [-0.4, -0.2) is 9.78 Å². The van der Waals surface area contributed by atoms with Gasteiger partial charge in [0.15, 0.2) is 11.6 Å². The first-order valence-corrected chi connectivity index (χ1v) is 4.25. The molecule has 0 radical (unpaired) electrons. The van der Waals surface area contributed by atoms with Gasteiger partial charge in [0, 0.05) is 12.5 Å². The monoisotopic (exact) mass is 169 g/mol. The smallest absolute Gasteiger partial charge is 0.188 e. The van der Waals surface area contributed by atoms with Crippen molar-refractivity contribution in [1.29, 1.82) is 0 Å². The summed E-state index contributed by atoms with van der Waals surface area (Å²) in [6.45, 7) is 2.54. The highest BCUT2D eigenvalue weighted by Crippen LogP contribution is 2.41. The molecule has 0 aliphatic heterocycles. The van der Waals surface area contributed by atoms with E-state index in [0.29, 0.717) is 18.2 Å². The van der Waals surface area contributed by atoms with Crippen LogP contribution in [0.2, 0.25) is 0 Å². The van der Waals surface area contributed by atoms with E-state index < -0.39 is 0 Å². The fourth-order valence-electron chi connectivity index (χ4n) is 1.33. The lowest BCUT2D eigenvalue weighted by Crippen LogP contribution is -2.02. The van der Waals surface area contributed by atoms with Crippen molar-refractivity contribution in [2.24, 2.45) is 0 Å². The topological polar surface area (TPSA) is 43.8 Å². The van der Waals surface area contributed by atoms with Gasteiger partial charge in [0.05, 0.1) is 0 Å². The van der Waals surface area contributed by atoms with Crippen LogP contribution in [0, 0.1) is 5.82 Å². The molecule has 3 nitrogen and oxygen atoms in total. The molecule has 1 heterocycles. The molecule has 1 aromatic heterocycles. The number of halogens is 1. The number of nitrogens with zero attached hydrogens (tertiary/aromatic N) is 2. The van der Waals surface area contributed by atoms with Crippen LogP contribution in [0.3, 0.4) is 0 Å². The molecule has 2 rings (SSSR count). The number of nitrogens with two attached hydrogens (primary N) is 1. The Morgan fingerprint density at radius 1 is 1.67 bits per heavy atom. The largest absolute Gasteiger partial charge is 0.381 e. The predicted molar refractivity (Wildman–Crippen MR) is 44.2 cm³/mol. The van der Waals surface area contributed by atoms with Crippen molar-refractivity contribution >= 4 is 5.82 Å². The van der Waals surface area contributed by atoms with Gasteiger partial charge in [-0.25, -0.2) is 9.07 Å². The molecule has 0 bridgehead atoms. The van der Waals surface area contributed by atoms with E-state index in [-0.39, 0.29) is 11.6 Å². The fraction of sp³-hybridized carbons (Fsp3) is 0.625. The minimum atomic E-state index is -0.306. The highest BCUT2D eigenvalue weighted by molar-refractivity contribution is 5.36. The minimum Gasteiger partial charge on any atom is -0.381 e. The third-order valence-corrected chi connectivity index (χ3v) is 2.22. The van der Waals surface area contributed by atoms with E-state index in [9.17, 15) is 4.39 Å². The van der Waals surface area contributed by atoms with Crippen LogP contribution in [0.15, 0.2) is 0 Å². The van der Waals surface area contributed by atoms with Gasteiger partial charge < -0.3 is 5.73 Å². The summed E-state index contributed by atoms with van der Waals surface area (Å²) in [5.41, 5.74) is 6.07. The van der Waals surface area contributed by atoms with Crippen LogP contribution in [0.5, 0.6) is 0 Å². The number of hydrogen-bond acceptors (Lipinski definition) is 2. The average molecular weight is 169 g/mol. The lowest BCUT2D eigenvalue weighted by atomic mass is 10.3. The van der Waals surface area contributed by atoms with E-state index in [2.05, 4.69) is 5.10 Å². The average Bonchev–Trinajstić information content (AvgIpc) is 2.84. The van der Waals surface area contributed by atoms with Crippen LogP contribution >= 0.6 is 0 Å². The molecule has 4 heteroatoms. The van der Waals surface area contributed by atoms with E-state index in [1.165, 1.54) is 4.68 Å². The number of anilines is 1. The summed E-state index contributed by atoms with van der Waals surface area (Å²) in [5, 5.41) is 4.11. The number of hydrogen-bond donors (Lipinski definition) is 1. The SMILES string of the molecule is CCn1nc(C2CC2)c(F)c1N. The molecule has 0 atom stereocenters. The quantitative estimate of drug-likeness (QED) is 0.729. The second-order valence-electron chi connectivity index (χ2n) is 3.17. The number of aromatic nitrogens is 2. The van der Waals surface area contributed by atoms with Gasteiger partial charge in [0.2, 0.25) is 0 Å². The maximum atomic E-state index is 13.3. The molecule has 0 aromatic carbocycles. The molecule has 1 saturated carbocycles. The van der Waals surface area contributed by atoms with E-state index in [1.54, 1.807) is 0 Å². The Labute approximate surface area is 70.4 Å². The molecule has 2 N–H and O–H groups in total. The van der Waals surface area contributed by atoms with Crippen molar-refractivity contribution < 1.29 is 4.39 Å². The summed E-state index contributed by atoms with van der Waals surface area (Å²) in [4.78, 5) is 0. The van der Waals surface area contributed by atoms with E-state index >= 15 is 0 Å². The third kappa shape index (κ3) is 0.983. The minimum absolute atomic E-state index is 0.180. The fourth-order valence-corrected chi connectivity index (χ4v) is 1.33. The zero-order valence-electron chi connectivity index (χ0n) is 7.05. The molecule has 12 heavy (non-hydrogen) atoms. The summed E-state index contributed by atoms with van der Waals surface area (Å²) in [5.74, 6) is 0.207. The van der Waals surface area contributed by atoms with Crippen molar-refractivity contribution in [3.8, 4) is 0 Å². The second-order valence-corrected chi connectivity index (χ2v) is 3.17. The first-order valence-electron chi connectivity index (χ1n) is 4.25. The lowest BCUT2D eigenvalue weighted by Gasteiger charge is -1.95. The molecular formula is C8H12FN3. The Kier molecular flexibility index (Phi) is 1.56. The van der Waals surface area contributed by atoms with Crippen molar-refractivity contribution in [3.05, 3.63) is 11.5 Å². The van der Waals surface area contributed by atoms with Gasteiger partial charge in [-0.1, -0.05) is 0 Å². The summed E-state index contributed by atoms with van der Waals surface area (Å²) < 4.78 is 14.8. The number of nitrogen functional groups attached to an aromatic ring is 1. The van der Waals surface area contributed by atoms with Crippen LogP contribution in [0.25, 0.3) is 0 Å². The van der Waals surface area contributed by atoms with Crippen molar-refractivity contribution in [2.45, 2.75) is 32.2 Å². The Balaban J connectivity index is 2.41. The molecule has 66 valence electrons. The van der Waals surface area contributed by atoms with Gasteiger partial charge in [0.25, 0.3) is 0 Å². The van der Waals surface area contributed by atoms with E-state index in [4.69, 9.17) is 5.73 Å². The molecule has 0 saturated heterocycles. The van der Waals surface area contributed by atoms with E-state index in [0.717, 1.165) is 12.8 Å². The summed E-state index contributed by atoms with van der Waals surface area (Å²) in [7, 11) is 0. The molecule has 1 fully saturated rings. The zero-order valence-corrected chi connectivity index (χ0v) is 7.05. The summed E-state index contributed by atoms with van der Waals surface area (Å²) in [6, 6.07) is 0. The van der Waals surface area contributed by atoms with Gasteiger partial charge in [-0.3, -0.25) is 0 Å². The van der Waals surface area contributed by atoms with Gasteiger partial charge in [-0.15, -0.1) is 0 Å². The number of rotatable bonds is 2. The summed E-state index contributed by atoms with van der Waals surface area (Å²) >= 11 is 0. The molecule has 0 unspecified atom stereocenters. The normalized spacial score (nSPS) is 16.8. The van der Waals surface area contributed by atoms with Crippen molar-refractivity contribution in [1.82, 2.24) is 9.78 Å².